The van der Waals surface area contributed by atoms with Gasteiger partial charge < -0.3 is 4.74 Å². The second-order valence-corrected chi connectivity index (χ2v) is 6.76. The highest BCUT2D eigenvalue weighted by Crippen LogP contribution is 2.21. The Balaban J connectivity index is 1.35. The van der Waals surface area contributed by atoms with Crippen molar-refractivity contribution in [3.63, 3.8) is 0 Å². The zero-order valence-corrected chi connectivity index (χ0v) is 14.9. The molecule has 0 unspecified atom stereocenters. The first-order chi connectivity index (χ1) is 12.9. The number of nitrogens with zero attached hydrogens (tertiary/aromatic N) is 4. The Kier molecular flexibility index (Phi) is 5.38. The van der Waals surface area contributed by atoms with Gasteiger partial charge in [0, 0.05) is 38.2 Å². The standard InChI is InChI=1S/C21H24N4O/c1-2-4-18(5-3-1)9-13-24-14-20-8-12-23-25(20)21(15-24)17-26-16-19-6-10-22-11-7-19/h1-8,10-12,21H,9,13-17H2/t21-/m1/s1. The molecule has 26 heavy (non-hydrogen) atoms. The first-order valence-electron chi connectivity index (χ1n) is 9.14. The van der Waals surface area contributed by atoms with Crippen LogP contribution < -0.4 is 0 Å². The normalized spacial score (nSPS) is 17.2. The number of benzene rings is 1. The van der Waals surface area contributed by atoms with Gasteiger partial charge in [0.1, 0.15) is 0 Å². The Morgan fingerprint density at radius 3 is 2.65 bits per heavy atom. The average Bonchev–Trinajstić information content (AvgIpc) is 3.17. The molecule has 1 atom stereocenters. The Labute approximate surface area is 154 Å². The molecule has 4 rings (SSSR count). The van der Waals surface area contributed by atoms with Gasteiger partial charge in [-0.05, 0) is 35.7 Å². The zero-order chi connectivity index (χ0) is 17.6. The fourth-order valence-electron chi connectivity index (χ4n) is 3.48. The molecule has 2 aromatic heterocycles. The van der Waals surface area contributed by atoms with Crippen molar-refractivity contribution in [2.24, 2.45) is 0 Å². The van der Waals surface area contributed by atoms with E-state index in [1.807, 2.05) is 18.3 Å². The summed E-state index contributed by atoms with van der Waals surface area (Å²) in [5, 5.41) is 4.52. The lowest BCUT2D eigenvalue weighted by Crippen LogP contribution is -2.40. The van der Waals surface area contributed by atoms with Gasteiger partial charge in [-0.3, -0.25) is 14.6 Å². The third-order valence-corrected chi connectivity index (χ3v) is 4.84. The number of hydrogen-bond acceptors (Lipinski definition) is 4. The van der Waals surface area contributed by atoms with Gasteiger partial charge in [-0.2, -0.15) is 5.10 Å². The summed E-state index contributed by atoms with van der Waals surface area (Å²) in [6.45, 7) is 4.25. The minimum Gasteiger partial charge on any atom is -0.374 e. The van der Waals surface area contributed by atoms with E-state index in [9.17, 15) is 0 Å². The SMILES string of the molecule is c1ccc(CCN2Cc3ccnn3[C@@H](COCc3ccncc3)C2)cc1. The predicted molar refractivity (Wildman–Crippen MR) is 101 cm³/mol. The van der Waals surface area contributed by atoms with Crippen LogP contribution in [0.5, 0.6) is 0 Å². The molecule has 5 nitrogen and oxygen atoms in total. The first-order valence-corrected chi connectivity index (χ1v) is 9.14. The third kappa shape index (κ3) is 4.18. The van der Waals surface area contributed by atoms with Gasteiger partial charge in [-0.25, -0.2) is 0 Å². The summed E-state index contributed by atoms with van der Waals surface area (Å²) in [5.41, 5.74) is 3.80. The maximum Gasteiger partial charge on any atom is 0.0883 e. The van der Waals surface area contributed by atoms with Crippen molar-refractivity contribution in [3.05, 3.63) is 83.9 Å². The van der Waals surface area contributed by atoms with Crippen molar-refractivity contribution in [1.82, 2.24) is 19.7 Å². The molecule has 0 saturated heterocycles. The molecular weight excluding hydrogens is 324 g/mol. The highest BCUT2D eigenvalue weighted by Gasteiger charge is 2.25. The Morgan fingerprint density at radius 1 is 0.962 bits per heavy atom. The third-order valence-electron chi connectivity index (χ3n) is 4.84. The fourth-order valence-corrected chi connectivity index (χ4v) is 3.48. The lowest BCUT2D eigenvalue weighted by atomic mass is 10.1. The highest BCUT2D eigenvalue weighted by atomic mass is 16.5. The van der Waals surface area contributed by atoms with Crippen LogP contribution in [0.1, 0.15) is 22.9 Å². The molecule has 0 N–H and O–H groups in total. The molecule has 1 aliphatic rings. The maximum absolute atomic E-state index is 5.98. The van der Waals surface area contributed by atoms with Crippen LogP contribution in [0.3, 0.4) is 0 Å². The molecular formula is C21H24N4O. The van der Waals surface area contributed by atoms with Gasteiger partial charge in [0.2, 0.25) is 0 Å². The minimum absolute atomic E-state index is 0.256. The van der Waals surface area contributed by atoms with E-state index >= 15 is 0 Å². The number of ether oxygens (including phenoxy) is 1. The van der Waals surface area contributed by atoms with E-state index < -0.39 is 0 Å². The summed E-state index contributed by atoms with van der Waals surface area (Å²) in [6.07, 6.45) is 6.57. The molecule has 0 saturated carbocycles. The van der Waals surface area contributed by atoms with Crippen molar-refractivity contribution < 1.29 is 4.74 Å². The molecule has 3 heterocycles. The maximum atomic E-state index is 5.98. The number of rotatable bonds is 7. The Hall–Kier alpha value is -2.50. The van der Waals surface area contributed by atoms with E-state index in [4.69, 9.17) is 4.74 Å². The molecule has 0 amide bonds. The Morgan fingerprint density at radius 2 is 1.81 bits per heavy atom. The summed E-state index contributed by atoms with van der Waals surface area (Å²) in [6, 6.07) is 17.0. The zero-order valence-electron chi connectivity index (χ0n) is 14.9. The van der Waals surface area contributed by atoms with Crippen molar-refractivity contribution in [1.29, 1.82) is 0 Å². The van der Waals surface area contributed by atoms with E-state index in [0.717, 1.165) is 31.6 Å². The van der Waals surface area contributed by atoms with Crippen molar-refractivity contribution in [2.75, 3.05) is 19.7 Å². The number of aromatic nitrogens is 3. The topological polar surface area (TPSA) is 43.2 Å². The average molecular weight is 348 g/mol. The largest absolute Gasteiger partial charge is 0.374 e. The molecule has 134 valence electrons. The molecule has 0 bridgehead atoms. The van der Waals surface area contributed by atoms with E-state index in [-0.39, 0.29) is 6.04 Å². The monoisotopic (exact) mass is 348 g/mol. The van der Waals surface area contributed by atoms with E-state index in [0.29, 0.717) is 13.2 Å². The van der Waals surface area contributed by atoms with Crippen LogP contribution in [0.4, 0.5) is 0 Å². The van der Waals surface area contributed by atoms with Crippen molar-refractivity contribution >= 4 is 0 Å². The van der Waals surface area contributed by atoms with E-state index in [2.05, 4.69) is 56.1 Å². The number of fused-ring (bicyclic) bond motifs is 1. The van der Waals surface area contributed by atoms with Gasteiger partial charge in [0.15, 0.2) is 0 Å². The van der Waals surface area contributed by atoms with Gasteiger partial charge in [0.25, 0.3) is 0 Å². The van der Waals surface area contributed by atoms with Gasteiger partial charge >= 0.3 is 0 Å². The minimum atomic E-state index is 0.256. The van der Waals surface area contributed by atoms with Crippen LogP contribution in [0.15, 0.2) is 67.1 Å². The number of hydrogen-bond donors (Lipinski definition) is 0. The summed E-state index contributed by atoms with van der Waals surface area (Å²) >= 11 is 0. The summed E-state index contributed by atoms with van der Waals surface area (Å²) in [4.78, 5) is 6.55. The second-order valence-electron chi connectivity index (χ2n) is 6.76. The van der Waals surface area contributed by atoms with Crippen LogP contribution in [-0.4, -0.2) is 39.4 Å². The lowest BCUT2D eigenvalue weighted by Gasteiger charge is -2.33. The van der Waals surface area contributed by atoms with Gasteiger partial charge in [-0.1, -0.05) is 30.3 Å². The van der Waals surface area contributed by atoms with E-state index in [1.165, 1.54) is 11.3 Å². The van der Waals surface area contributed by atoms with Gasteiger partial charge in [0.05, 0.1) is 24.9 Å². The summed E-state index contributed by atoms with van der Waals surface area (Å²) in [5.74, 6) is 0. The Bertz CT molecular complexity index is 803. The summed E-state index contributed by atoms with van der Waals surface area (Å²) < 4.78 is 8.11. The predicted octanol–water partition coefficient (Wildman–Crippen LogP) is 3.09. The van der Waals surface area contributed by atoms with Crippen LogP contribution >= 0.6 is 0 Å². The summed E-state index contributed by atoms with van der Waals surface area (Å²) in [7, 11) is 0. The molecule has 0 spiro atoms. The smallest absolute Gasteiger partial charge is 0.0883 e. The molecule has 0 fully saturated rings. The molecule has 0 aliphatic carbocycles. The van der Waals surface area contributed by atoms with Gasteiger partial charge in [-0.15, -0.1) is 0 Å². The molecule has 0 radical (unpaired) electrons. The molecule has 3 aromatic rings. The fraction of sp³-hybridized carbons (Fsp3) is 0.333. The quantitative estimate of drug-likeness (QED) is 0.658. The van der Waals surface area contributed by atoms with Crippen LogP contribution in [0, 0.1) is 0 Å². The van der Waals surface area contributed by atoms with Crippen molar-refractivity contribution in [3.8, 4) is 0 Å². The van der Waals surface area contributed by atoms with Crippen molar-refractivity contribution in [2.45, 2.75) is 25.6 Å². The molecule has 1 aromatic carbocycles. The molecule has 1 aliphatic heterocycles. The number of pyridine rings is 1. The first kappa shape index (κ1) is 16.9. The van der Waals surface area contributed by atoms with E-state index in [1.54, 1.807) is 12.4 Å². The highest BCUT2D eigenvalue weighted by molar-refractivity contribution is 5.15. The van der Waals surface area contributed by atoms with Crippen LogP contribution in [0.25, 0.3) is 0 Å². The van der Waals surface area contributed by atoms with Crippen LogP contribution in [0.2, 0.25) is 0 Å². The molecule has 5 heteroatoms. The lowest BCUT2D eigenvalue weighted by molar-refractivity contribution is 0.0556. The second kappa shape index (κ2) is 8.25. The van der Waals surface area contributed by atoms with Crippen LogP contribution in [-0.2, 0) is 24.3 Å².